The minimum absolute atomic E-state index is 0.0519. The molecular weight excluding hydrogens is 270 g/mol. The molecule has 0 unspecified atom stereocenters. The van der Waals surface area contributed by atoms with Gasteiger partial charge in [0.2, 0.25) is 11.7 Å². The maximum Gasteiger partial charge on any atom is 0.294 e. The summed E-state index contributed by atoms with van der Waals surface area (Å²) in [5, 5.41) is 9.13. The van der Waals surface area contributed by atoms with Crippen LogP contribution in [0.5, 0.6) is 0 Å². The smallest absolute Gasteiger partial charge is 0.294 e. The maximum atomic E-state index is 11.9. The number of hydrogen-bond acceptors (Lipinski definition) is 4. The number of rotatable bonds is 4. The van der Waals surface area contributed by atoms with Crippen LogP contribution in [0.2, 0.25) is 0 Å². The third-order valence-corrected chi connectivity index (χ3v) is 2.79. The Balaban J connectivity index is 1.99. The minimum Gasteiger partial charge on any atom is -0.351 e. The molecule has 1 heterocycles. The first-order valence-electron chi connectivity index (χ1n) is 6.61. The van der Waals surface area contributed by atoms with E-state index in [9.17, 15) is 9.59 Å². The van der Waals surface area contributed by atoms with Gasteiger partial charge in [-0.3, -0.25) is 9.59 Å². The standard InChI is InChI=1S/C15H17N3O3/c1-9(2)14(19)16-11-4-6-12(7-5-11)17-15(20)13-8-10(3)18-21-13/h4-9H,1-3H3,(H,16,19)(H,17,20). The summed E-state index contributed by atoms with van der Waals surface area (Å²) in [6.07, 6.45) is 0. The second kappa shape index (κ2) is 6.21. The molecule has 2 N–H and O–H groups in total. The van der Waals surface area contributed by atoms with Gasteiger partial charge in [-0.2, -0.15) is 0 Å². The number of benzene rings is 1. The Labute approximate surface area is 122 Å². The molecule has 0 spiro atoms. The lowest BCUT2D eigenvalue weighted by molar-refractivity contribution is -0.118. The topological polar surface area (TPSA) is 84.2 Å². The number of carbonyl (C=O) groups excluding carboxylic acids is 2. The predicted octanol–water partition coefficient (Wildman–Crippen LogP) is 2.83. The van der Waals surface area contributed by atoms with E-state index in [2.05, 4.69) is 15.8 Å². The molecule has 0 aliphatic rings. The molecule has 6 heteroatoms. The minimum atomic E-state index is -0.366. The number of aromatic nitrogens is 1. The van der Waals surface area contributed by atoms with Crippen molar-refractivity contribution in [1.29, 1.82) is 0 Å². The highest BCUT2D eigenvalue weighted by Gasteiger charge is 2.12. The molecular formula is C15H17N3O3. The summed E-state index contributed by atoms with van der Waals surface area (Å²) < 4.78 is 4.88. The molecule has 0 aliphatic carbocycles. The van der Waals surface area contributed by atoms with Crippen LogP contribution < -0.4 is 10.6 Å². The molecule has 0 saturated carbocycles. The third-order valence-electron chi connectivity index (χ3n) is 2.79. The van der Waals surface area contributed by atoms with E-state index in [0.29, 0.717) is 17.1 Å². The molecule has 0 radical (unpaired) electrons. The summed E-state index contributed by atoms with van der Waals surface area (Å²) >= 11 is 0. The van der Waals surface area contributed by atoms with Crippen molar-refractivity contribution in [2.45, 2.75) is 20.8 Å². The lowest BCUT2D eigenvalue weighted by atomic mass is 10.2. The van der Waals surface area contributed by atoms with Crippen molar-refractivity contribution in [1.82, 2.24) is 5.16 Å². The summed E-state index contributed by atoms with van der Waals surface area (Å²) in [6.45, 7) is 5.39. The average molecular weight is 287 g/mol. The van der Waals surface area contributed by atoms with E-state index in [1.807, 2.05) is 13.8 Å². The molecule has 2 aromatic rings. The van der Waals surface area contributed by atoms with Gasteiger partial charge < -0.3 is 15.2 Å². The zero-order valence-electron chi connectivity index (χ0n) is 12.1. The van der Waals surface area contributed by atoms with Gasteiger partial charge in [-0.15, -0.1) is 0 Å². The first kappa shape index (κ1) is 14.8. The van der Waals surface area contributed by atoms with E-state index in [1.165, 1.54) is 0 Å². The first-order chi connectivity index (χ1) is 9.95. The largest absolute Gasteiger partial charge is 0.351 e. The molecule has 0 bridgehead atoms. The molecule has 21 heavy (non-hydrogen) atoms. The van der Waals surface area contributed by atoms with E-state index in [1.54, 1.807) is 37.3 Å². The van der Waals surface area contributed by atoms with E-state index in [4.69, 9.17) is 4.52 Å². The monoisotopic (exact) mass is 287 g/mol. The van der Waals surface area contributed by atoms with E-state index < -0.39 is 0 Å². The fourth-order valence-electron chi connectivity index (χ4n) is 1.59. The Kier molecular flexibility index (Phi) is 4.37. The zero-order valence-corrected chi connectivity index (χ0v) is 12.1. The molecule has 0 aliphatic heterocycles. The normalized spacial score (nSPS) is 10.5. The maximum absolute atomic E-state index is 11.9. The van der Waals surface area contributed by atoms with Crippen LogP contribution in [-0.4, -0.2) is 17.0 Å². The van der Waals surface area contributed by atoms with Crippen LogP contribution in [0.25, 0.3) is 0 Å². The fraction of sp³-hybridized carbons (Fsp3) is 0.267. The molecule has 0 fully saturated rings. The number of aryl methyl sites for hydroxylation is 1. The molecule has 6 nitrogen and oxygen atoms in total. The highest BCUT2D eigenvalue weighted by molar-refractivity contribution is 6.02. The molecule has 110 valence electrons. The van der Waals surface area contributed by atoms with Crippen LogP contribution in [0, 0.1) is 12.8 Å². The summed E-state index contributed by atoms with van der Waals surface area (Å²) in [5.41, 5.74) is 1.94. The fourth-order valence-corrected chi connectivity index (χ4v) is 1.59. The van der Waals surface area contributed by atoms with Crippen molar-refractivity contribution in [2.75, 3.05) is 10.6 Å². The van der Waals surface area contributed by atoms with Gasteiger partial charge in [0.1, 0.15) is 0 Å². The number of nitrogens with one attached hydrogen (secondary N) is 2. The van der Waals surface area contributed by atoms with Crippen LogP contribution in [0.15, 0.2) is 34.9 Å². The second-order valence-electron chi connectivity index (χ2n) is 5.01. The second-order valence-corrected chi connectivity index (χ2v) is 5.01. The van der Waals surface area contributed by atoms with E-state index in [-0.39, 0.29) is 23.5 Å². The van der Waals surface area contributed by atoms with Crippen LogP contribution in [0.3, 0.4) is 0 Å². The Bertz CT molecular complexity index is 644. The molecule has 1 aromatic heterocycles. The lowest BCUT2D eigenvalue weighted by Crippen LogP contribution is -2.17. The van der Waals surface area contributed by atoms with Crippen LogP contribution in [0.4, 0.5) is 11.4 Å². The Hall–Kier alpha value is -2.63. The number of nitrogens with zero attached hydrogens (tertiary/aromatic N) is 1. The lowest BCUT2D eigenvalue weighted by Gasteiger charge is -2.08. The van der Waals surface area contributed by atoms with Crippen LogP contribution in [0.1, 0.15) is 30.1 Å². The summed E-state index contributed by atoms with van der Waals surface area (Å²) in [6, 6.07) is 8.42. The van der Waals surface area contributed by atoms with Crippen molar-refractivity contribution in [3.8, 4) is 0 Å². The van der Waals surface area contributed by atoms with Gasteiger partial charge in [0, 0.05) is 23.4 Å². The Morgan fingerprint density at radius 1 is 1.10 bits per heavy atom. The van der Waals surface area contributed by atoms with Gasteiger partial charge in [0.25, 0.3) is 5.91 Å². The molecule has 2 rings (SSSR count). The number of amides is 2. The highest BCUT2D eigenvalue weighted by Crippen LogP contribution is 2.15. The molecule has 2 amide bonds. The summed E-state index contributed by atoms with van der Waals surface area (Å²) in [7, 11) is 0. The Morgan fingerprint density at radius 3 is 2.14 bits per heavy atom. The first-order valence-corrected chi connectivity index (χ1v) is 6.61. The van der Waals surface area contributed by atoms with Crippen molar-refractivity contribution in [3.05, 3.63) is 41.8 Å². The van der Waals surface area contributed by atoms with E-state index >= 15 is 0 Å². The van der Waals surface area contributed by atoms with Crippen LogP contribution in [-0.2, 0) is 4.79 Å². The zero-order chi connectivity index (χ0) is 15.4. The van der Waals surface area contributed by atoms with Gasteiger partial charge >= 0.3 is 0 Å². The highest BCUT2D eigenvalue weighted by atomic mass is 16.5. The Morgan fingerprint density at radius 2 is 1.67 bits per heavy atom. The van der Waals surface area contributed by atoms with Gasteiger partial charge in [-0.25, -0.2) is 0 Å². The summed E-state index contributed by atoms with van der Waals surface area (Å²) in [5.74, 6) is -0.345. The quantitative estimate of drug-likeness (QED) is 0.905. The molecule has 0 saturated heterocycles. The average Bonchev–Trinajstić information content (AvgIpc) is 2.87. The van der Waals surface area contributed by atoms with Gasteiger partial charge in [0.05, 0.1) is 5.69 Å². The van der Waals surface area contributed by atoms with Gasteiger partial charge in [-0.1, -0.05) is 19.0 Å². The SMILES string of the molecule is Cc1cc(C(=O)Nc2ccc(NC(=O)C(C)C)cc2)on1. The number of hydrogen-bond donors (Lipinski definition) is 2. The third kappa shape index (κ3) is 3.92. The van der Waals surface area contributed by atoms with Crippen molar-refractivity contribution in [3.63, 3.8) is 0 Å². The van der Waals surface area contributed by atoms with Crippen molar-refractivity contribution >= 4 is 23.2 Å². The van der Waals surface area contributed by atoms with Crippen LogP contribution >= 0.6 is 0 Å². The predicted molar refractivity (Wildman–Crippen MR) is 79.1 cm³/mol. The number of carbonyl (C=O) groups is 2. The summed E-state index contributed by atoms with van der Waals surface area (Å²) in [4.78, 5) is 23.4. The van der Waals surface area contributed by atoms with Crippen molar-refractivity contribution < 1.29 is 14.1 Å². The molecule has 1 aromatic carbocycles. The van der Waals surface area contributed by atoms with Crippen molar-refractivity contribution in [2.24, 2.45) is 5.92 Å². The van der Waals surface area contributed by atoms with E-state index in [0.717, 1.165) is 0 Å². The van der Waals surface area contributed by atoms with Gasteiger partial charge in [-0.05, 0) is 31.2 Å². The number of anilines is 2. The molecule has 0 atom stereocenters. The van der Waals surface area contributed by atoms with Gasteiger partial charge in [0.15, 0.2) is 0 Å².